The second-order valence-electron chi connectivity index (χ2n) is 8.96. The number of rotatable bonds is 4. The topological polar surface area (TPSA) is 55.7 Å². The van der Waals surface area contributed by atoms with Crippen LogP contribution in [0.2, 0.25) is 5.02 Å². The molecule has 0 spiro atoms. The Kier molecular flexibility index (Phi) is 6.19. The number of carbonyl (C=O) groups excluding carboxylic acids is 1. The summed E-state index contributed by atoms with van der Waals surface area (Å²) in [6, 6.07) is 11.3. The Labute approximate surface area is 223 Å². The van der Waals surface area contributed by atoms with Crippen molar-refractivity contribution in [2.75, 3.05) is 19.5 Å². The summed E-state index contributed by atoms with van der Waals surface area (Å²) >= 11 is 9.95. The normalized spacial score (nSPS) is 16.5. The Balaban J connectivity index is 1.46. The molecule has 2 amide bonds. The van der Waals surface area contributed by atoms with E-state index in [0.717, 1.165) is 23.4 Å². The molecule has 1 atom stereocenters. The summed E-state index contributed by atoms with van der Waals surface area (Å²) in [5.41, 5.74) is 4.28. The molecule has 0 fully saturated rings. The van der Waals surface area contributed by atoms with Crippen LogP contribution in [0.15, 0.2) is 48.0 Å². The molecule has 2 aliphatic rings. The molecule has 4 aromatic rings. The molecule has 0 radical (unpaired) electrons. The lowest BCUT2D eigenvalue weighted by Gasteiger charge is -2.30. The van der Waals surface area contributed by atoms with E-state index in [-0.39, 0.29) is 12.1 Å². The fourth-order valence-electron chi connectivity index (χ4n) is 5.28. The molecular formula is C27H26ClN3O3S2. The van der Waals surface area contributed by atoms with E-state index in [9.17, 15) is 4.79 Å². The van der Waals surface area contributed by atoms with Crippen molar-refractivity contribution in [3.05, 3.63) is 79.6 Å². The lowest BCUT2D eigenvalue weighted by molar-refractivity contribution is 0.195. The van der Waals surface area contributed by atoms with Crippen LogP contribution in [0.4, 0.5) is 10.5 Å². The van der Waals surface area contributed by atoms with Crippen molar-refractivity contribution < 1.29 is 14.3 Å². The highest BCUT2D eigenvalue weighted by molar-refractivity contribution is 7.15. The number of aromatic nitrogens is 1. The van der Waals surface area contributed by atoms with E-state index in [0.29, 0.717) is 28.8 Å². The van der Waals surface area contributed by atoms with Crippen LogP contribution in [0.1, 0.15) is 45.5 Å². The van der Waals surface area contributed by atoms with E-state index in [1.54, 1.807) is 37.7 Å². The second kappa shape index (κ2) is 9.50. The number of ether oxygens (including phenoxy) is 2. The van der Waals surface area contributed by atoms with Gasteiger partial charge in [0.05, 0.1) is 37.2 Å². The third-order valence-corrected chi connectivity index (χ3v) is 9.52. The van der Waals surface area contributed by atoms with Gasteiger partial charge < -0.3 is 24.3 Å². The van der Waals surface area contributed by atoms with Crippen LogP contribution in [0.3, 0.4) is 0 Å². The third kappa shape index (κ3) is 3.88. The van der Waals surface area contributed by atoms with Crippen molar-refractivity contribution in [2.24, 2.45) is 0 Å². The molecule has 1 N–H and O–H groups in total. The third-order valence-electron chi connectivity index (χ3n) is 6.97. The van der Waals surface area contributed by atoms with Gasteiger partial charge in [-0.1, -0.05) is 17.7 Å². The van der Waals surface area contributed by atoms with Crippen molar-refractivity contribution in [3.8, 4) is 16.5 Å². The molecule has 186 valence electrons. The minimum Gasteiger partial charge on any atom is -0.495 e. The first-order chi connectivity index (χ1) is 17.6. The maximum atomic E-state index is 14.1. The Bertz CT molecular complexity index is 1430. The molecular weight excluding hydrogens is 514 g/mol. The van der Waals surface area contributed by atoms with Gasteiger partial charge in [0.1, 0.15) is 22.5 Å². The molecule has 4 heterocycles. The molecule has 6 nitrogen and oxygen atoms in total. The number of amides is 2. The maximum Gasteiger partial charge on any atom is 0.323 e. The van der Waals surface area contributed by atoms with Gasteiger partial charge in [0.25, 0.3) is 0 Å². The van der Waals surface area contributed by atoms with Crippen LogP contribution >= 0.6 is 34.3 Å². The van der Waals surface area contributed by atoms with Gasteiger partial charge >= 0.3 is 6.03 Å². The summed E-state index contributed by atoms with van der Waals surface area (Å²) < 4.78 is 13.2. The largest absolute Gasteiger partial charge is 0.495 e. The number of hydrogen-bond donors (Lipinski definition) is 1. The number of nitrogens with zero attached hydrogens (tertiary/aromatic N) is 2. The average Bonchev–Trinajstić information content (AvgIpc) is 3.64. The summed E-state index contributed by atoms with van der Waals surface area (Å²) in [5.74, 6) is 0.981. The molecule has 1 aromatic carbocycles. The molecule has 3 aromatic heterocycles. The van der Waals surface area contributed by atoms with Crippen LogP contribution in [0, 0.1) is 0 Å². The van der Waals surface area contributed by atoms with E-state index in [4.69, 9.17) is 21.1 Å². The number of fused-ring (bicyclic) bond motifs is 5. The number of halogens is 1. The van der Waals surface area contributed by atoms with Gasteiger partial charge in [-0.25, -0.2) is 4.79 Å². The molecule has 0 unspecified atom stereocenters. The lowest BCUT2D eigenvalue weighted by Crippen LogP contribution is -2.38. The van der Waals surface area contributed by atoms with Gasteiger partial charge in [-0.15, -0.1) is 22.7 Å². The Morgan fingerprint density at radius 2 is 1.92 bits per heavy atom. The summed E-state index contributed by atoms with van der Waals surface area (Å²) in [5, 5.41) is 6.80. The molecule has 0 saturated carbocycles. The van der Waals surface area contributed by atoms with Crippen LogP contribution in [-0.2, 0) is 19.4 Å². The van der Waals surface area contributed by atoms with Gasteiger partial charge in [0, 0.05) is 27.6 Å². The summed E-state index contributed by atoms with van der Waals surface area (Å²) in [6.45, 7) is 0.531. The first-order valence-corrected chi connectivity index (χ1v) is 14.0. The van der Waals surface area contributed by atoms with Crippen molar-refractivity contribution in [3.63, 3.8) is 0 Å². The van der Waals surface area contributed by atoms with Gasteiger partial charge in [-0.2, -0.15) is 0 Å². The highest BCUT2D eigenvalue weighted by Gasteiger charge is 2.36. The zero-order chi connectivity index (χ0) is 24.8. The first-order valence-electron chi connectivity index (χ1n) is 11.9. The fourth-order valence-corrected chi connectivity index (χ4v) is 7.77. The van der Waals surface area contributed by atoms with E-state index in [1.807, 2.05) is 22.3 Å². The van der Waals surface area contributed by atoms with Gasteiger partial charge in [-0.3, -0.25) is 0 Å². The standard InChI is InChI=1S/C27H26ClN3O3S2/c1-33-21-14-22(34-2)19(13-18(21)28)29-27(32)31-15-17-16-7-3-4-9-23(16)36-26(17)30-11-5-8-20(30)25(31)24-10-6-12-35-24/h5-6,8,10-14,25H,3-4,7,9,15H2,1-2H3,(H,29,32)/t25-/m1/s1. The molecule has 9 heteroatoms. The zero-order valence-electron chi connectivity index (χ0n) is 20.0. The molecule has 36 heavy (non-hydrogen) atoms. The van der Waals surface area contributed by atoms with E-state index in [2.05, 4.69) is 39.7 Å². The first kappa shape index (κ1) is 23.5. The van der Waals surface area contributed by atoms with Crippen molar-refractivity contribution in [1.29, 1.82) is 0 Å². The van der Waals surface area contributed by atoms with E-state index < -0.39 is 0 Å². The minimum atomic E-state index is -0.224. The number of hydrogen-bond acceptors (Lipinski definition) is 5. The quantitative estimate of drug-likeness (QED) is 0.296. The number of aryl methyl sites for hydroxylation is 1. The number of benzene rings is 1. The van der Waals surface area contributed by atoms with Crippen LogP contribution in [-0.4, -0.2) is 29.7 Å². The number of nitrogens with one attached hydrogen (secondary N) is 1. The van der Waals surface area contributed by atoms with Gasteiger partial charge in [0.2, 0.25) is 0 Å². The predicted octanol–water partition coefficient (Wildman–Crippen LogP) is 7.29. The zero-order valence-corrected chi connectivity index (χ0v) is 22.4. The van der Waals surface area contributed by atoms with E-state index in [1.165, 1.54) is 33.8 Å². The molecule has 0 saturated heterocycles. The minimum absolute atomic E-state index is 0.204. The highest BCUT2D eigenvalue weighted by atomic mass is 35.5. The molecule has 0 bridgehead atoms. The van der Waals surface area contributed by atoms with Crippen LogP contribution in [0.5, 0.6) is 11.5 Å². The monoisotopic (exact) mass is 539 g/mol. The van der Waals surface area contributed by atoms with Crippen molar-refractivity contribution in [2.45, 2.75) is 38.3 Å². The second-order valence-corrected chi connectivity index (χ2v) is 11.4. The number of methoxy groups -OCH3 is 2. The Hall–Kier alpha value is -2.94. The molecule has 6 rings (SSSR count). The predicted molar refractivity (Wildman–Crippen MR) is 146 cm³/mol. The van der Waals surface area contributed by atoms with Gasteiger partial charge in [-0.05, 0) is 60.9 Å². The van der Waals surface area contributed by atoms with Gasteiger partial charge in [0.15, 0.2) is 0 Å². The van der Waals surface area contributed by atoms with Crippen LogP contribution in [0.25, 0.3) is 5.00 Å². The number of thiophene rings is 2. The van der Waals surface area contributed by atoms with E-state index >= 15 is 0 Å². The van der Waals surface area contributed by atoms with Crippen molar-refractivity contribution in [1.82, 2.24) is 9.47 Å². The summed E-state index contributed by atoms with van der Waals surface area (Å²) in [6.07, 6.45) is 6.73. The van der Waals surface area contributed by atoms with Crippen molar-refractivity contribution >= 4 is 46.0 Å². The SMILES string of the molecule is COc1cc(OC)c(NC(=O)N2Cc3c(sc4c3CCCC4)-n3cccc3[C@@H]2c2cccs2)cc1Cl. The lowest BCUT2D eigenvalue weighted by atomic mass is 9.95. The van der Waals surface area contributed by atoms with Crippen LogP contribution < -0.4 is 14.8 Å². The fraction of sp³-hybridized carbons (Fsp3) is 0.296. The summed E-state index contributed by atoms with van der Waals surface area (Å²) in [7, 11) is 3.12. The number of anilines is 1. The molecule has 1 aliphatic carbocycles. The highest BCUT2D eigenvalue weighted by Crippen LogP contribution is 2.45. The Morgan fingerprint density at radius 1 is 1.08 bits per heavy atom. The smallest absolute Gasteiger partial charge is 0.323 e. The number of carbonyl (C=O) groups is 1. The molecule has 1 aliphatic heterocycles. The summed E-state index contributed by atoms with van der Waals surface area (Å²) in [4.78, 5) is 18.6. The number of urea groups is 1. The Morgan fingerprint density at radius 3 is 2.69 bits per heavy atom. The average molecular weight is 540 g/mol. The maximum absolute atomic E-state index is 14.1.